The highest BCUT2D eigenvalue weighted by Crippen LogP contribution is 2.34. The van der Waals surface area contributed by atoms with Crippen molar-refractivity contribution in [3.8, 4) is 16.9 Å². The molecule has 3 aromatic rings. The van der Waals surface area contributed by atoms with E-state index in [0.29, 0.717) is 5.56 Å². The first-order valence-electron chi connectivity index (χ1n) is 7.81. The summed E-state index contributed by atoms with van der Waals surface area (Å²) in [4.78, 5) is 11.4. The van der Waals surface area contributed by atoms with Gasteiger partial charge in [-0.25, -0.2) is 0 Å². The molecule has 3 rings (SSSR count). The first-order chi connectivity index (χ1) is 11.8. The van der Waals surface area contributed by atoms with Gasteiger partial charge in [-0.3, -0.25) is 4.79 Å². The molecule has 0 fully saturated rings. The van der Waals surface area contributed by atoms with Gasteiger partial charge in [0.2, 0.25) is 0 Å². The minimum atomic E-state index is -0.254. The molecule has 24 heavy (non-hydrogen) atoms. The van der Waals surface area contributed by atoms with Crippen LogP contribution in [0.2, 0.25) is 0 Å². The Hall–Kier alpha value is -3.13. The van der Waals surface area contributed by atoms with Crippen LogP contribution in [-0.4, -0.2) is 6.29 Å². The van der Waals surface area contributed by atoms with Crippen LogP contribution < -0.4 is 4.74 Å². The smallest absolute Gasteiger partial charge is 0.150 e. The fourth-order valence-electron chi connectivity index (χ4n) is 2.67. The lowest BCUT2D eigenvalue weighted by Crippen LogP contribution is -2.05. The van der Waals surface area contributed by atoms with Gasteiger partial charge in [-0.05, 0) is 23.3 Å². The summed E-state index contributed by atoms with van der Waals surface area (Å²) in [5, 5.41) is 0. The van der Waals surface area contributed by atoms with Crippen molar-refractivity contribution in [2.24, 2.45) is 0 Å². The Morgan fingerprint density at radius 1 is 0.792 bits per heavy atom. The average molecular weight is 314 g/mol. The maximum atomic E-state index is 11.4. The van der Waals surface area contributed by atoms with Gasteiger partial charge in [-0.1, -0.05) is 79.4 Å². The second-order valence-corrected chi connectivity index (χ2v) is 5.39. The van der Waals surface area contributed by atoms with Crippen LogP contribution in [0.4, 0.5) is 0 Å². The summed E-state index contributed by atoms with van der Waals surface area (Å²) >= 11 is 0. The number of carbonyl (C=O) groups is 1. The topological polar surface area (TPSA) is 26.3 Å². The zero-order chi connectivity index (χ0) is 16.8. The standard InChI is InChI=1S/C22H18O2/c1-2-21(17-10-4-3-5-11-17)24-22-15-9-8-14-20(22)19-13-7-6-12-18(19)16-23/h2-16,21H,1H2. The number of benzene rings is 3. The van der Waals surface area contributed by atoms with Crippen molar-refractivity contribution >= 4 is 6.29 Å². The van der Waals surface area contributed by atoms with Gasteiger partial charge in [0.25, 0.3) is 0 Å². The van der Waals surface area contributed by atoms with Crippen LogP contribution in [0.15, 0.2) is 91.5 Å². The van der Waals surface area contributed by atoms with Crippen molar-refractivity contribution in [2.45, 2.75) is 6.10 Å². The quantitative estimate of drug-likeness (QED) is 0.445. The SMILES string of the molecule is C=CC(Oc1ccccc1-c1ccccc1C=O)c1ccccc1. The van der Waals surface area contributed by atoms with Gasteiger partial charge in [-0.2, -0.15) is 0 Å². The zero-order valence-electron chi connectivity index (χ0n) is 13.3. The highest BCUT2D eigenvalue weighted by molar-refractivity contribution is 5.89. The van der Waals surface area contributed by atoms with Gasteiger partial charge < -0.3 is 4.74 Å². The molecule has 0 heterocycles. The van der Waals surface area contributed by atoms with E-state index in [4.69, 9.17) is 4.74 Å². The van der Waals surface area contributed by atoms with E-state index in [9.17, 15) is 4.79 Å². The molecule has 0 aromatic heterocycles. The number of ether oxygens (including phenoxy) is 1. The number of aldehydes is 1. The van der Waals surface area contributed by atoms with Crippen LogP contribution in [0.5, 0.6) is 5.75 Å². The summed E-state index contributed by atoms with van der Waals surface area (Å²) in [7, 11) is 0. The van der Waals surface area contributed by atoms with E-state index >= 15 is 0 Å². The highest BCUT2D eigenvalue weighted by Gasteiger charge is 2.14. The first kappa shape index (κ1) is 15.8. The molecule has 0 amide bonds. The summed E-state index contributed by atoms with van der Waals surface area (Å²) in [6.45, 7) is 3.89. The molecule has 0 aliphatic heterocycles. The molecule has 3 aromatic carbocycles. The predicted octanol–water partition coefficient (Wildman–Crippen LogP) is 5.47. The van der Waals surface area contributed by atoms with E-state index in [-0.39, 0.29) is 6.10 Å². The monoisotopic (exact) mass is 314 g/mol. The molecule has 0 saturated carbocycles. The van der Waals surface area contributed by atoms with Crippen molar-refractivity contribution in [1.82, 2.24) is 0 Å². The molecule has 118 valence electrons. The van der Waals surface area contributed by atoms with E-state index in [1.54, 1.807) is 12.1 Å². The van der Waals surface area contributed by atoms with Crippen molar-refractivity contribution in [2.75, 3.05) is 0 Å². The Labute approximate surface area is 142 Å². The Bertz CT molecular complexity index is 837. The van der Waals surface area contributed by atoms with Crippen LogP contribution >= 0.6 is 0 Å². The maximum absolute atomic E-state index is 11.4. The van der Waals surface area contributed by atoms with Crippen molar-refractivity contribution in [1.29, 1.82) is 0 Å². The lowest BCUT2D eigenvalue weighted by atomic mass is 9.99. The highest BCUT2D eigenvalue weighted by atomic mass is 16.5. The molecule has 0 spiro atoms. The Balaban J connectivity index is 2.01. The molecule has 0 bridgehead atoms. The normalized spacial score (nSPS) is 11.5. The summed E-state index contributed by atoms with van der Waals surface area (Å²) in [5.41, 5.74) is 3.43. The Morgan fingerprint density at radius 2 is 1.42 bits per heavy atom. The van der Waals surface area contributed by atoms with Crippen molar-refractivity contribution in [3.05, 3.63) is 103 Å². The van der Waals surface area contributed by atoms with Gasteiger partial charge >= 0.3 is 0 Å². The van der Waals surface area contributed by atoms with E-state index in [1.165, 1.54) is 0 Å². The Kier molecular flexibility index (Phi) is 4.87. The third-order valence-corrected chi connectivity index (χ3v) is 3.86. The summed E-state index contributed by atoms with van der Waals surface area (Å²) < 4.78 is 6.20. The molecule has 1 atom stereocenters. The predicted molar refractivity (Wildman–Crippen MR) is 97.3 cm³/mol. The largest absolute Gasteiger partial charge is 0.481 e. The number of carbonyl (C=O) groups excluding carboxylic acids is 1. The number of para-hydroxylation sites is 1. The van der Waals surface area contributed by atoms with E-state index < -0.39 is 0 Å². The van der Waals surface area contributed by atoms with Gasteiger partial charge in [0, 0.05) is 11.1 Å². The van der Waals surface area contributed by atoms with Gasteiger partial charge in [0.1, 0.15) is 11.9 Å². The second-order valence-electron chi connectivity index (χ2n) is 5.39. The molecular weight excluding hydrogens is 296 g/mol. The minimum Gasteiger partial charge on any atom is -0.481 e. The fourth-order valence-corrected chi connectivity index (χ4v) is 2.67. The van der Waals surface area contributed by atoms with Gasteiger partial charge in [0.15, 0.2) is 6.29 Å². The minimum absolute atomic E-state index is 0.254. The van der Waals surface area contributed by atoms with Crippen LogP contribution in [0, 0.1) is 0 Å². The van der Waals surface area contributed by atoms with Crippen LogP contribution in [0.3, 0.4) is 0 Å². The third kappa shape index (κ3) is 3.28. The third-order valence-electron chi connectivity index (χ3n) is 3.86. The van der Waals surface area contributed by atoms with Crippen molar-refractivity contribution in [3.63, 3.8) is 0 Å². The Morgan fingerprint density at radius 3 is 2.12 bits per heavy atom. The first-order valence-corrected chi connectivity index (χ1v) is 7.81. The second kappa shape index (κ2) is 7.42. The molecule has 0 N–H and O–H groups in total. The summed E-state index contributed by atoms with van der Waals surface area (Å²) in [5.74, 6) is 0.723. The fraction of sp³-hybridized carbons (Fsp3) is 0.0455. The van der Waals surface area contributed by atoms with Crippen molar-refractivity contribution < 1.29 is 9.53 Å². The summed E-state index contributed by atoms with van der Waals surface area (Å²) in [6.07, 6.45) is 2.39. The molecule has 0 radical (unpaired) electrons. The lowest BCUT2D eigenvalue weighted by molar-refractivity contribution is 0.112. The van der Waals surface area contributed by atoms with E-state index in [2.05, 4.69) is 6.58 Å². The van der Waals surface area contributed by atoms with Crippen LogP contribution in [0.25, 0.3) is 11.1 Å². The maximum Gasteiger partial charge on any atom is 0.150 e. The molecule has 0 aliphatic carbocycles. The van der Waals surface area contributed by atoms with Crippen LogP contribution in [-0.2, 0) is 0 Å². The molecule has 2 heteroatoms. The summed E-state index contributed by atoms with van der Waals surface area (Å²) in [6, 6.07) is 25.2. The molecule has 2 nitrogen and oxygen atoms in total. The molecular formula is C22H18O2. The van der Waals surface area contributed by atoms with E-state index in [0.717, 1.165) is 28.7 Å². The van der Waals surface area contributed by atoms with Crippen LogP contribution in [0.1, 0.15) is 22.0 Å². The molecule has 1 unspecified atom stereocenters. The number of hydrogen-bond acceptors (Lipinski definition) is 2. The van der Waals surface area contributed by atoms with Gasteiger partial charge in [0.05, 0.1) is 0 Å². The number of hydrogen-bond donors (Lipinski definition) is 0. The zero-order valence-corrected chi connectivity index (χ0v) is 13.3. The number of rotatable bonds is 6. The average Bonchev–Trinajstić information content (AvgIpc) is 2.67. The van der Waals surface area contributed by atoms with E-state index in [1.807, 2.05) is 72.8 Å². The molecule has 0 saturated heterocycles. The van der Waals surface area contributed by atoms with Gasteiger partial charge in [-0.15, -0.1) is 0 Å². The molecule has 0 aliphatic rings. The lowest BCUT2D eigenvalue weighted by Gasteiger charge is -2.19.